The summed E-state index contributed by atoms with van der Waals surface area (Å²) in [7, 11) is 3.50. The van der Waals surface area contributed by atoms with Crippen molar-refractivity contribution in [1.29, 1.82) is 0 Å². The number of ether oxygens (including phenoxy) is 1. The fraction of sp³-hybridized carbons (Fsp3) is 0.200. The topological polar surface area (TPSA) is 21.3 Å². The highest BCUT2D eigenvalue weighted by Gasteiger charge is 2.22. The first kappa shape index (κ1) is 17.1. The molecule has 0 heterocycles. The number of hydrogen-bond acceptors (Lipinski definition) is 2. The number of nitrogens with one attached hydrogen (secondary N) is 1. The molecule has 0 aromatic heterocycles. The van der Waals surface area contributed by atoms with E-state index in [9.17, 15) is 0 Å². The van der Waals surface area contributed by atoms with Crippen LogP contribution in [0.25, 0.3) is 0 Å². The fourth-order valence-corrected chi connectivity index (χ4v) is 3.84. The first-order valence-corrected chi connectivity index (χ1v) is 8.47. The summed E-state index contributed by atoms with van der Waals surface area (Å²) in [6.45, 7) is 0. The molecule has 0 aliphatic rings. The standard InChI is InChI=1S/C15H13Br2Cl2NO/c1-20-14(9-4-3-5-11(16)13(9)19)10-6-8(18)7-12(17)15(10)21-2/h3-7,14,20H,1-2H3. The van der Waals surface area contributed by atoms with Gasteiger partial charge in [0.1, 0.15) is 5.75 Å². The number of hydrogen-bond donors (Lipinski definition) is 1. The van der Waals surface area contributed by atoms with Crippen molar-refractivity contribution in [3.63, 3.8) is 0 Å². The Labute approximate surface area is 151 Å². The van der Waals surface area contributed by atoms with Gasteiger partial charge in [-0.2, -0.15) is 0 Å². The van der Waals surface area contributed by atoms with Crippen molar-refractivity contribution in [2.75, 3.05) is 14.2 Å². The highest BCUT2D eigenvalue weighted by molar-refractivity contribution is 9.10. The lowest BCUT2D eigenvalue weighted by molar-refractivity contribution is 0.403. The van der Waals surface area contributed by atoms with Gasteiger partial charge in [0.25, 0.3) is 0 Å². The van der Waals surface area contributed by atoms with E-state index in [0.29, 0.717) is 10.0 Å². The van der Waals surface area contributed by atoms with Gasteiger partial charge in [0.2, 0.25) is 0 Å². The minimum atomic E-state index is -0.139. The summed E-state index contributed by atoms with van der Waals surface area (Å²) >= 11 is 19.5. The first-order chi connectivity index (χ1) is 9.99. The molecule has 2 aromatic carbocycles. The molecular formula is C15H13Br2Cl2NO. The van der Waals surface area contributed by atoms with Crippen LogP contribution in [0.3, 0.4) is 0 Å². The summed E-state index contributed by atoms with van der Waals surface area (Å²) < 4.78 is 7.16. The van der Waals surface area contributed by atoms with E-state index in [-0.39, 0.29) is 6.04 Å². The molecule has 0 spiro atoms. The van der Waals surface area contributed by atoms with Gasteiger partial charge in [-0.3, -0.25) is 0 Å². The second kappa shape index (κ2) is 7.34. The summed E-state index contributed by atoms with van der Waals surface area (Å²) in [6.07, 6.45) is 0. The lowest BCUT2D eigenvalue weighted by atomic mass is 9.98. The van der Waals surface area contributed by atoms with E-state index >= 15 is 0 Å². The zero-order valence-electron chi connectivity index (χ0n) is 11.4. The molecule has 0 saturated heterocycles. The molecule has 2 rings (SSSR count). The van der Waals surface area contributed by atoms with Gasteiger partial charge >= 0.3 is 0 Å². The SMILES string of the molecule is CNC(c1cccc(Br)c1Cl)c1cc(Cl)cc(Br)c1OC. The predicted octanol–water partition coefficient (Wildman–Crippen LogP) is 5.84. The average Bonchev–Trinajstić information content (AvgIpc) is 2.44. The van der Waals surface area contributed by atoms with Crippen LogP contribution in [-0.4, -0.2) is 14.2 Å². The largest absolute Gasteiger partial charge is 0.495 e. The summed E-state index contributed by atoms with van der Waals surface area (Å²) in [5, 5.41) is 4.56. The maximum Gasteiger partial charge on any atom is 0.138 e. The Morgan fingerprint density at radius 1 is 1.10 bits per heavy atom. The van der Waals surface area contributed by atoms with Gasteiger partial charge in [0.05, 0.1) is 22.6 Å². The van der Waals surface area contributed by atoms with Crippen LogP contribution in [0.1, 0.15) is 17.2 Å². The van der Waals surface area contributed by atoms with E-state index in [1.807, 2.05) is 31.3 Å². The Morgan fingerprint density at radius 2 is 1.81 bits per heavy atom. The molecule has 6 heteroatoms. The molecule has 2 aromatic rings. The molecular weight excluding hydrogens is 441 g/mol. The summed E-state index contributed by atoms with van der Waals surface area (Å²) in [5.41, 5.74) is 1.86. The molecule has 0 aliphatic heterocycles. The molecule has 0 aliphatic carbocycles. The number of halogens is 4. The Balaban J connectivity index is 2.64. The zero-order chi connectivity index (χ0) is 15.6. The second-order valence-electron chi connectivity index (χ2n) is 4.37. The second-order valence-corrected chi connectivity index (χ2v) is 6.90. The van der Waals surface area contributed by atoms with Crippen LogP contribution in [0, 0.1) is 0 Å². The molecule has 1 unspecified atom stereocenters. The minimum Gasteiger partial charge on any atom is -0.495 e. The number of rotatable bonds is 4. The third-order valence-corrected chi connectivity index (χ3v) is 5.25. The monoisotopic (exact) mass is 451 g/mol. The van der Waals surface area contributed by atoms with Crippen molar-refractivity contribution >= 4 is 55.1 Å². The van der Waals surface area contributed by atoms with Gasteiger partial charge in [-0.05, 0) is 62.7 Å². The molecule has 21 heavy (non-hydrogen) atoms. The fourth-order valence-electron chi connectivity index (χ4n) is 2.23. The van der Waals surface area contributed by atoms with Crippen molar-refractivity contribution in [3.8, 4) is 5.75 Å². The third-order valence-electron chi connectivity index (χ3n) is 3.13. The molecule has 2 nitrogen and oxygen atoms in total. The van der Waals surface area contributed by atoms with Crippen molar-refractivity contribution in [3.05, 3.63) is 60.4 Å². The van der Waals surface area contributed by atoms with E-state index in [1.165, 1.54) is 0 Å². The van der Waals surface area contributed by atoms with Crippen LogP contribution in [0.4, 0.5) is 0 Å². The van der Waals surface area contributed by atoms with E-state index < -0.39 is 0 Å². The summed E-state index contributed by atoms with van der Waals surface area (Å²) in [4.78, 5) is 0. The normalized spacial score (nSPS) is 12.3. The Morgan fingerprint density at radius 3 is 2.43 bits per heavy atom. The molecule has 112 valence electrons. The van der Waals surface area contributed by atoms with Crippen LogP contribution in [0.2, 0.25) is 10.0 Å². The molecule has 0 saturated carbocycles. The van der Waals surface area contributed by atoms with E-state index in [4.69, 9.17) is 27.9 Å². The maximum atomic E-state index is 6.42. The van der Waals surface area contributed by atoms with Gasteiger partial charge < -0.3 is 10.1 Å². The highest BCUT2D eigenvalue weighted by Crippen LogP contribution is 2.41. The van der Waals surface area contributed by atoms with Crippen LogP contribution < -0.4 is 10.1 Å². The van der Waals surface area contributed by atoms with Crippen molar-refractivity contribution in [2.45, 2.75) is 6.04 Å². The van der Waals surface area contributed by atoms with Crippen molar-refractivity contribution < 1.29 is 4.74 Å². The van der Waals surface area contributed by atoms with E-state index in [0.717, 1.165) is 25.8 Å². The van der Waals surface area contributed by atoms with Crippen LogP contribution in [0.5, 0.6) is 5.75 Å². The number of methoxy groups -OCH3 is 1. The lowest BCUT2D eigenvalue weighted by Gasteiger charge is -2.22. The molecule has 1 N–H and O–H groups in total. The van der Waals surface area contributed by atoms with Gasteiger partial charge in [-0.1, -0.05) is 35.3 Å². The Kier molecular flexibility index (Phi) is 5.97. The maximum absolute atomic E-state index is 6.42. The lowest BCUT2D eigenvalue weighted by Crippen LogP contribution is -2.19. The third kappa shape index (κ3) is 3.57. The van der Waals surface area contributed by atoms with Gasteiger partial charge in [-0.25, -0.2) is 0 Å². The molecule has 0 amide bonds. The van der Waals surface area contributed by atoms with Crippen LogP contribution in [0.15, 0.2) is 39.3 Å². The quantitative estimate of drug-likeness (QED) is 0.628. The van der Waals surface area contributed by atoms with Crippen molar-refractivity contribution in [1.82, 2.24) is 5.32 Å². The Bertz CT molecular complexity index is 664. The number of benzene rings is 2. The highest BCUT2D eigenvalue weighted by atomic mass is 79.9. The molecule has 0 radical (unpaired) electrons. The zero-order valence-corrected chi connectivity index (χ0v) is 16.1. The molecule has 1 atom stereocenters. The van der Waals surface area contributed by atoms with Crippen molar-refractivity contribution in [2.24, 2.45) is 0 Å². The van der Waals surface area contributed by atoms with Crippen LogP contribution >= 0.6 is 55.1 Å². The van der Waals surface area contributed by atoms with Gasteiger partial charge in [0, 0.05) is 15.1 Å². The van der Waals surface area contributed by atoms with Crippen LogP contribution in [-0.2, 0) is 0 Å². The smallest absolute Gasteiger partial charge is 0.138 e. The predicted molar refractivity (Wildman–Crippen MR) is 95.8 cm³/mol. The van der Waals surface area contributed by atoms with E-state index in [2.05, 4.69) is 37.2 Å². The summed E-state index contributed by atoms with van der Waals surface area (Å²) in [6, 6.07) is 9.37. The van der Waals surface area contributed by atoms with Gasteiger partial charge in [-0.15, -0.1) is 0 Å². The van der Waals surface area contributed by atoms with E-state index in [1.54, 1.807) is 13.2 Å². The minimum absolute atomic E-state index is 0.139. The first-order valence-electron chi connectivity index (χ1n) is 6.13. The average molecular weight is 454 g/mol. The Hall–Kier alpha value is -0.260. The molecule has 0 fully saturated rings. The summed E-state index contributed by atoms with van der Waals surface area (Å²) in [5.74, 6) is 0.731. The van der Waals surface area contributed by atoms with Gasteiger partial charge in [0.15, 0.2) is 0 Å². The molecule has 0 bridgehead atoms.